The number of nitrogens with one attached hydrogen (secondary N) is 1. The number of phenolic OH excluding ortho intramolecular Hbond substituents is 1. The molecular weight excluding hydrogens is 440 g/mol. The van der Waals surface area contributed by atoms with Crippen LogP contribution in [0.4, 0.5) is 14.5 Å². The van der Waals surface area contributed by atoms with E-state index >= 15 is 0 Å². The number of amides is 1. The van der Waals surface area contributed by atoms with Crippen molar-refractivity contribution in [2.45, 2.75) is 25.4 Å². The minimum Gasteiger partial charge on any atom is -0.508 e. The van der Waals surface area contributed by atoms with Crippen molar-refractivity contribution in [2.75, 3.05) is 18.0 Å². The van der Waals surface area contributed by atoms with Crippen molar-refractivity contribution in [1.29, 1.82) is 5.26 Å². The molecule has 0 saturated carbocycles. The number of anilines is 1. The van der Waals surface area contributed by atoms with Gasteiger partial charge in [-0.25, -0.2) is 13.8 Å². The Morgan fingerprint density at radius 3 is 2.62 bits per heavy atom. The summed E-state index contributed by atoms with van der Waals surface area (Å²) in [4.78, 5) is 19.2. The summed E-state index contributed by atoms with van der Waals surface area (Å²) in [6, 6.07) is 11.5. The van der Waals surface area contributed by atoms with E-state index in [0.717, 1.165) is 18.2 Å². The van der Waals surface area contributed by atoms with Crippen molar-refractivity contribution in [3.05, 3.63) is 77.1 Å². The molecule has 1 aliphatic heterocycles. The lowest BCUT2D eigenvalue weighted by atomic mass is 9.97. The third kappa shape index (κ3) is 4.67. The van der Waals surface area contributed by atoms with Crippen LogP contribution in [0.3, 0.4) is 0 Å². The normalized spacial score (nSPS) is 17.4. The Labute approximate surface area is 195 Å². The fraction of sp³-hybridized carbons (Fsp3) is 0.240. The molecule has 7 nitrogen and oxygen atoms in total. The molecule has 0 unspecified atom stereocenters. The summed E-state index contributed by atoms with van der Waals surface area (Å²) in [5.41, 5.74) is 6.94. The molecule has 0 radical (unpaired) electrons. The minimum absolute atomic E-state index is 0.0374. The maximum Gasteiger partial charge on any atom is 0.255 e. The number of phenols is 1. The Morgan fingerprint density at radius 1 is 1.29 bits per heavy atom. The van der Waals surface area contributed by atoms with Crippen LogP contribution in [0.15, 0.2) is 48.7 Å². The van der Waals surface area contributed by atoms with Crippen molar-refractivity contribution >= 4 is 11.6 Å². The number of hydrogen-bond donors (Lipinski definition) is 3. The number of hydrogen-bond acceptors (Lipinski definition) is 6. The summed E-state index contributed by atoms with van der Waals surface area (Å²) in [6.45, 7) is 2.77. The van der Waals surface area contributed by atoms with E-state index in [1.807, 2.05) is 17.9 Å². The van der Waals surface area contributed by atoms with Gasteiger partial charge in [0.15, 0.2) is 0 Å². The van der Waals surface area contributed by atoms with Gasteiger partial charge in [-0.3, -0.25) is 4.79 Å². The second-order valence-electron chi connectivity index (χ2n) is 8.65. The van der Waals surface area contributed by atoms with E-state index in [2.05, 4.69) is 10.3 Å². The molecule has 4 rings (SSSR count). The smallest absolute Gasteiger partial charge is 0.255 e. The van der Waals surface area contributed by atoms with Crippen LogP contribution in [0, 0.1) is 23.0 Å². The molecule has 34 heavy (non-hydrogen) atoms. The van der Waals surface area contributed by atoms with Crippen molar-refractivity contribution < 1.29 is 18.7 Å². The lowest BCUT2D eigenvalue weighted by Gasteiger charge is -2.27. The van der Waals surface area contributed by atoms with Crippen molar-refractivity contribution in [1.82, 2.24) is 10.3 Å². The molecule has 0 aliphatic carbocycles. The van der Waals surface area contributed by atoms with E-state index < -0.39 is 23.1 Å². The van der Waals surface area contributed by atoms with E-state index in [4.69, 9.17) is 5.73 Å². The van der Waals surface area contributed by atoms with E-state index in [9.17, 15) is 23.9 Å². The zero-order valence-corrected chi connectivity index (χ0v) is 18.5. The lowest BCUT2D eigenvalue weighted by molar-refractivity contribution is 0.0951. The van der Waals surface area contributed by atoms with Gasteiger partial charge in [0.1, 0.15) is 29.1 Å². The number of rotatable bonds is 5. The van der Waals surface area contributed by atoms with Crippen LogP contribution in [-0.4, -0.2) is 34.6 Å². The Morgan fingerprint density at radius 2 is 2.00 bits per heavy atom. The van der Waals surface area contributed by atoms with Crippen molar-refractivity contribution in [3.63, 3.8) is 0 Å². The summed E-state index contributed by atoms with van der Waals surface area (Å²) >= 11 is 0. The molecular formula is C25H23F2N5O2. The van der Waals surface area contributed by atoms with E-state index in [0.29, 0.717) is 30.8 Å². The Kier molecular flexibility index (Phi) is 6.18. The standard InChI is InChI=1S/C25H23F2N5O2/c1-25(29)6-7-32(14-25)23-19(24(34)31-12-15-4-2-3-5-21(15)33)13-30-20(11-28)22(23)16-8-17(26)10-18(27)9-16/h2-5,8-10,13,33H,6-7,12,14,29H2,1H3,(H,31,34)/t25-/m0/s1. The predicted molar refractivity (Wildman–Crippen MR) is 123 cm³/mol. The first-order valence-corrected chi connectivity index (χ1v) is 10.7. The number of benzene rings is 2. The molecule has 2 aromatic carbocycles. The second kappa shape index (κ2) is 9.08. The number of carbonyl (C=O) groups excluding carboxylic acids is 1. The Balaban J connectivity index is 1.84. The quantitative estimate of drug-likeness (QED) is 0.534. The Hall–Kier alpha value is -4.03. The molecule has 1 amide bonds. The summed E-state index contributed by atoms with van der Waals surface area (Å²) < 4.78 is 28.2. The average molecular weight is 463 g/mol. The lowest BCUT2D eigenvalue weighted by Crippen LogP contribution is -2.39. The fourth-order valence-electron chi connectivity index (χ4n) is 4.16. The van der Waals surface area contributed by atoms with Gasteiger partial charge in [0.05, 0.1) is 11.3 Å². The van der Waals surface area contributed by atoms with Gasteiger partial charge in [-0.2, -0.15) is 5.26 Å². The van der Waals surface area contributed by atoms with Gasteiger partial charge in [0.25, 0.3) is 5.91 Å². The van der Waals surface area contributed by atoms with Gasteiger partial charge in [0, 0.05) is 48.6 Å². The zero-order valence-electron chi connectivity index (χ0n) is 18.5. The molecule has 1 atom stereocenters. The van der Waals surface area contributed by atoms with Crippen LogP contribution in [0.2, 0.25) is 0 Å². The molecule has 3 aromatic rings. The van der Waals surface area contributed by atoms with Gasteiger partial charge in [-0.1, -0.05) is 18.2 Å². The van der Waals surface area contributed by atoms with Crippen LogP contribution in [0.25, 0.3) is 11.1 Å². The number of nitriles is 1. The molecule has 174 valence electrons. The number of nitrogens with two attached hydrogens (primary N) is 1. The minimum atomic E-state index is -0.815. The topological polar surface area (TPSA) is 115 Å². The highest BCUT2D eigenvalue weighted by molar-refractivity contribution is 6.04. The summed E-state index contributed by atoms with van der Waals surface area (Å²) in [6.07, 6.45) is 1.90. The van der Waals surface area contributed by atoms with Crippen LogP contribution in [0.5, 0.6) is 5.75 Å². The number of aromatic hydroxyl groups is 1. The number of pyridine rings is 1. The predicted octanol–water partition coefficient (Wildman–Crippen LogP) is 3.46. The third-order valence-electron chi connectivity index (χ3n) is 5.81. The third-order valence-corrected chi connectivity index (χ3v) is 5.81. The second-order valence-corrected chi connectivity index (χ2v) is 8.65. The van der Waals surface area contributed by atoms with Gasteiger partial charge >= 0.3 is 0 Å². The van der Waals surface area contributed by atoms with E-state index in [1.54, 1.807) is 18.2 Å². The number of para-hydroxylation sites is 1. The van der Waals surface area contributed by atoms with E-state index in [1.165, 1.54) is 12.3 Å². The summed E-state index contributed by atoms with van der Waals surface area (Å²) in [7, 11) is 0. The van der Waals surface area contributed by atoms with Crippen LogP contribution >= 0.6 is 0 Å². The van der Waals surface area contributed by atoms with Crippen molar-refractivity contribution in [3.8, 4) is 22.9 Å². The number of carbonyl (C=O) groups is 1. The van der Waals surface area contributed by atoms with Crippen LogP contribution < -0.4 is 16.0 Å². The first kappa shape index (κ1) is 23.1. The van der Waals surface area contributed by atoms with Gasteiger partial charge in [-0.05, 0) is 37.1 Å². The molecule has 1 aromatic heterocycles. The van der Waals surface area contributed by atoms with Gasteiger partial charge in [-0.15, -0.1) is 0 Å². The maximum atomic E-state index is 14.1. The highest BCUT2D eigenvalue weighted by atomic mass is 19.1. The molecule has 2 heterocycles. The maximum absolute atomic E-state index is 14.1. The van der Waals surface area contributed by atoms with Gasteiger partial charge in [0.2, 0.25) is 0 Å². The SMILES string of the molecule is C[C@]1(N)CCN(c2c(C(=O)NCc3ccccc3O)cnc(C#N)c2-c2cc(F)cc(F)c2)C1. The molecule has 1 saturated heterocycles. The largest absolute Gasteiger partial charge is 0.508 e. The van der Waals surface area contributed by atoms with Gasteiger partial charge < -0.3 is 21.1 Å². The number of aromatic nitrogens is 1. The monoisotopic (exact) mass is 463 g/mol. The molecule has 9 heteroatoms. The summed E-state index contributed by atoms with van der Waals surface area (Å²) in [5.74, 6) is -2.11. The first-order valence-electron chi connectivity index (χ1n) is 10.7. The molecule has 1 fully saturated rings. The van der Waals surface area contributed by atoms with Crippen molar-refractivity contribution in [2.24, 2.45) is 5.73 Å². The molecule has 0 bridgehead atoms. The first-order chi connectivity index (χ1) is 16.2. The zero-order chi connectivity index (χ0) is 24.5. The number of halogens is 2. The molecule has 1 aliphatic rings. The molecule has 0 spiro atoms. The fourth-order valence-corrected chi connectivity index (χ4v) is 4.16. The number of nitrogens with zero attached hydrogens (tertiary/aromatic N) is 3. The van der Waals surface area contributed by atoms with Crippen LogP contribution in [-0.2, 0) is 6.54 Å². The highest BCUT2D eigenvalue weighted by Crippen LogP contribution is 2.39. The highest BCUT2D eigenvalue weighted by Gasteiger charge is 2.34. The van der Waals surface area contributed by atoms with Crippen LogP contribution in [0.1, 0.15) is 35.0 Å². The summed E-state index contributed by atoms with van der Waals surface area (Å²) in [5, 5.41) is 22.5. The average Bonchev–Trinajstić information content (AvgIpc) is 3.16. The van der Waals surface area contributed by atoms with E-state index in [-0.39, 0.29) is 34.7 Å². The Bertz CT molecular complexity index is 1280. The molecule has 4 N–H and O–H groups in total.